The molecule has 0 fully saturated rings. The third-order valence-electron chi connectivity index (χ3n) is 2.40. The fourth-order valence-electron chi connectivity index (χ4n) is 1.48. The van der Waals surface area contributed by atoms with Crippen LogP contribution < -0.4 is 5.56 Å². The molecule has 0 spiro atoms. The second-order valence-corrected chi connectivity index (χ2v) is 5.22. The summed E-state index contributed by atoms with van der Waals surface area (Å²) in [6.07, 6.45) is 2.41. The molecule has 0 aliphatic carbocycles. The minimum absolute atomic E-state index is 0.115. The smallest absolute Gasteiger partial charge is 0.266 e. The maximum atomic E-state index is 11.8. The molecule has 17 heavy (non-hydrogen) atoms. The van der Waals surface area contributed by atoms with E-state index in [1.54, 1.807) is 6.20 Å². The minimum atomic E-state index is -0.115. The van der Waals surface area contributed by atoms with Gasteiger partial charge in [0.15, 0.2) is 0 Å². The minimum Gasteiger partial charge on any atom is -0.266 e. The highest BCUT2D eigenvalue weighted by Gasteiger charge is 2.06. The van der Waals surface area contributed by atoms with Gasteiger partial charge in [-0.2, -0.15) is 5.10 Å². The Morgan fingerprint density at radius 3 is 2.59 bits per heavy atom. The first-order valence-corrected chi connectivity index (χ1v) is 6.72. The standard InChI is InChI=1S/C12H10Br2N2O/c13-10-8-15-16(12(17)11(10)14)7-6-9-4-2-1-3-5-9/h1-5,8H,6-7H2. The number of nitrogens with zero attached hydrogens (tertiary/aromatic N) is 2. The van der Waals surface area contributed by atoms with E-state index in [0.717, 1.165) is 6.42 Å². The highest BCUT2D eigenvalue weighted by molar-refractivity contribution is 9.13. The van der Waals surface area contributed by atoms with Gasteiger partial charge in [-0.1, -0.05) is 30.3 Å². The van der Waals surface area contributed by atoms with Gasteiger partial charge in [-0.05, 0) is 43.8 Å². The number of halogens is 2. The van der Waals surface area contributed by atoms with Crippen LogP contribution in [-0.4, -0.2) is 9.78 Å². The van der Waals surface area contributed by atoms with Crippen molar-refractivity contribution in [3.63, 3.8) is 0 Å². The highest BCUT2D eigenvalue weighted by atomic mass is 79.9. The number of hydrogen-bond donors (Lipinski definition) is 0. The van der Waals surface area contributed by atoms with Gasteiger partial charge in [0.05, 0.1) is 10.7 Å². The summed E-state index contributed by atoms with van der Waals surface area (Å²) >= 11 is 6.49. The van der Waals surface area contributed by atoms with E-state index in [-0.39, 0.29) is 5.56 Å². The molecule has 3 nitrogen and oxygen atoms in total. The van der Waals surface area contributed by atoms with E-state index in [2.05, 4.69) is 37.0 Å². The third kappa shape index (κ3) is 3.04. The fraction of sp³-hybridized carbons (Fsp3) is 0.167. The SMILES string of the molecule is O=c1c(Br)c(Br)cnn1CCc1ccccc1. The first-order chi connectivity index (χ1) is 8.18. The Morgan fingerprint density at radius 2 is 1.88 bits per heavy atom. The Labute approximate surface area is 116 Å². The second-order valence-electron chi connectivity index (χ2n) is 3.57. The first-order valence-electron chi connectivity index (χ1n) is 5.13. The molecule has 1 aromatic heterocycles. The normalized spacial score (nSPS) is 10.5. The van der Waals surface area contributed by atoms with Gasteiger partial charge in [-0.25, -0.2) is 4.68 Å². The third-order valence-corrected chi connectivity index (χ3v) is 4.30. The molecule has 2 aromatic rings. The van der Waals surface area contributed by atoms with Crippen molar-refractivity contribution in [1.29, 1.82) is 0 Å². The Hall–Kier alpha value is -0.940. The molecule has 1 heterocycles. The van der Waals surface area contributed by atoms with E-state index in [0.29, 0.717) is 15.5 Å². The van der Waals surface area contributed by atoms with Gasteiger partial charge in [0, 0.05) is 6.54 Å². The lowest BCUT2D eigenvalue weighted by Gasteiger charge is -2.05. The van der Waals surface area contributed by atoms with Crippen molar-refractivity contribution in [3.8, 4) is 0 Å². The zero-order valence-electron chi connectivity index (χ0n) is 8.94. The molecule has 88 valence electrons. The summed E-state index contributed by atoms with van der Waals surface area (Å²) in [5.41, 5.74) is 1.08. The molecule has 5 heteroatoms. The zero-order chi connectivity index (χ0) is 12.3. The van der Waals surface area contributed by atoms with Gasteiger partial charge in [0.25, 0.3) is 5.56 Å². The van der Waals surface area contributed by atoms with Crippen molar-refractivity contribution >= 4 is 31.9 Å². The van der Waals surface area contributed by atoms with E-state index < -0.39 is 0 Å². The van der Waals surface area contributed by atoms with Crippen LogP contribution in [0, 0.1) is 0 Å². The Kier molecular flexibility index (Phi) is 4.12. The molecule has 0 saturated heterocycles. The van der Waals surface area contributed by atoms with Gasteiger partial charge in [-0.3, -0.25) is 4.79 Å². The molecule has 0 aliphatic rings. The Balaban J connectivity index is 2.16. The zero-order valence-corrected chi connectivity index (χ0v) is 12.1. The topological polar surface area (TPSA) is 34.9 Å². The highest BCUT2D eigenvalue weighted by Crippen LogP contribution is 2.16. The molecule has 2 rings (SSSR count). The summed E-state index contributed by atoms with van der Waals surface area (Å²) in [6, 6.07) is 10.0. The van der Waals surface area contributed by atoms with Gasteiger partial charge in [0.2, 0.25) is 0 Å². The van der Waals surface area contributed by atoms with Gasteiger partial charge < -0.3 is 0 Å². The van der Waals surface area contributed by atoms with Gasteiger partial charge >= 0.3 is 0 Å². The van der Waals surface area contributed by atoms with Crippen LogP contribution in [0.15, 0.2) is 50.3 Å². The van der Waals surface area contributed by atoms with Gasteiger partial charge in [0.1, 0.15) is 4.47 Å². The van der Waals surface area contributed by atoms with Crippen molar-refractivity contribution in [2.75, 3.05) is 0 Å². The molecule has 0 atom stereocenters. The van der Waals surface area contributed by atoms with Crippen LogP contribution in [0.3, 0.4) is 0 Å². The number of hydrogen-bond acceptors (Lipinski definition) is 2. The maximum absolute atomic E-state index is 11.8. The van der Waals surface area contributed by atoms with E-state index >= 15 is 0 Å². The quantitative estimate of drug-likeness (QED) is 0.846. The molecular weight excluding hydrogens is 348 g/mol. The van der Waals surface area contributed by atoms with Crippen molar-refractivity contribution in [1.82, 2.24) is 9.78 Å². The Bertz CT molecular complexity index is 566. The number of rotatable bonds is 3. The maximum Gasteiger partial charge on any atom is 0.282 e. The lowest BCUT2D eigenvalue weighted by Crippen LogP contribution is -2.24. The molecule has 0 aliphatic heterocycles. The van der Waals surface area contributed by atoms with Crippen LogP contribution in [0.2, 0.25) is 0 Å². The summed E-state index contributed by atoms with van der Waals surface area (Å²) < 4.78 is 2.65. The monoisotopic (exact) mass is 356 g/mol. The largest absolute Gasteiger partial charge is 0.282 e. The number of aromatic nitrogens is 2. The predicted molar refractivity (Wildman–Crippen MR) is 74.0 cm³/mol. The lowest BCUT2D eigenvalue weighted by molar-refractivity contribution is 0.573. The molecule has 0 saturated carbocycles. The summed E-state index contributed by atoms with van der Waals surface area (Å²) in [5, 5.41) is 4.08. The van der Waals surface area contributed by atoms with Gasteiger partial charge in [-0.15, -0.1) is 0 Å². The molecular formula is C12H10Br2N2O. The molecule has 0 unspecified atom stereocenters. The predicted octanol–water partition coefficient (Wildman–Crippen LogP) is 3.01. The van der Waals surface area contributed by atoms with E-state index in [9.17, 15) is 4.79 Å². The van der Waals surface area contributed by atoms with Crippen LogP contribution in [0.25, 0.3) is 0 Å². The number of benzene rings is 1. The van der Waals surface area contributed by atoms with Crippen molar-refractivity contribution in [3.05, 3.63) is 61.4 Å². The molecule has 0 bridgehead atoms. The fourth-order valence-corrected chi connectivity index (χ4v) is 2.05. The van der Waals surface area contributed by atoms with Crippen molar-refractivity contribution in [2.24, 2.45) is 0 Å². The van der Waals surface area contributed by atoms with Crippen LogP contribution >= 0.6 is 31.9 Å². The molecule has 0 N–H and O–H groups in total. The van der Waals surface area contributed by atoms with Crippen LogP contribution in [0.1, 0.15) is 5.56 Å². The summed E-state index contributed by atoms with van der Waals surface area (Å²) in [6.45, 7) is 0.578. The summed E-state index contributed by atoms with van der Waals surface area (Å²) in [5.74, 6) is 0. The molecule has 1 aromatic carbocycles. The average molecular weight is 358 g/mol. The Morgan fingerprint density at radius 1 is 1.18 bits per heavy atom. The van der Waals surface area contributed by atoms with Crippen LogP contribution in [0.5, 0.6) is 0 Å². The summed E-state index contributed by atoms with van der Waals surface area (Å²) in [4.78, 5) is 11.8. The lowest BCUT2D eigenvalue weighted by atomic mass is 10.1. The van der Waals surface area contributed by atoms with Crippen LogP contribution in [0.4, 0.5) is 0 Å². The van der Waals surface area contributed by atoms with Crippen molar-refractivity contribution in [2.45, 2.75) is 13.0 Å². The van der Waals surface area contributed by atoms with Crippen molar-refractivity contribution < 1.29 is 0 Å². The van der Waals surface area contributed by atoms with Crippen LogP contribution in [-0.2, 0) is 13.0 Å². The second kappa shape index (κ2) is 5.60. The average Bonchev–Trinajstić information content (AvgIpc) is 2.36. The van der Waals surface area contributed by atoms with E-state index in [1.165, 1.54) is 10.2 Å². The van der Waals surface area contributed by atoms with E-state index in [1.807, 2.05) is 30.3 Å². The molecule has 0 amide bonds. The molecule has 0 radical (unpaired) electrons. The van der Waals surface area contributed by atoms with E-state index in [4.69, 9.17) is 0 Å². The first kappa shape index (κ1) is 12.5. The number of aryl methyl sites for hydroxylation is 2. The summed E-state index contributed by atoms with van der Waals surface area (Å²) in [7, 11) is 0.